The first kappa shape index (κ1) is 50.8. The van der Waals surface area contributed by atoms with Gasteiger partial charge in [0.15, 0.2) is 5.78 Å². The van der Waals surface area contributed by atoms with Gasteiger partial charge in [-0.25, -0.2) is 0 Å². The molecule has 0 aliphatic carbocycles. The summed E-state index contributed by atoms with van der Waals surface area (Å²) in [4.78, 5) is 23.5. The van der Waals surface area contributed by atoms with Crippen molar-refractivity contribution in [1.29, 1.82) is 0 Å². The Kier molecular flexibility index (Phi) is 85.3. The fraction of sp³-hybridized carbons (Fsp3) is 0.200. The van der Waals surface area contributed by atoms with Gasteiger partial charge in [-0.05, 0) is 12.8 Å². The smallest absolute Gasteiger partial charge is 0 e. The summed E-state index contributed by atoms with van der Waals surface area (Å²) >= 11 is 0. The number of Topliss-reactive ketones (excluding diaryl/α,β-unsaturated/α-hetero) is 2. The van der Waals surface area contributed by atoms with Gasteiger partial charge < -0.3 is 12.3 Å². The molecule has 0 fully saturated rings. The van der Waals surface area contributed by atoms with E-state index in [0.717, 1.165) is 0 Å². The first-order valence-electron chi connectivity index (χ1n) is 6.32. The molecule has 0 bridgehead atoms. The van der Waals surface area contributed by atoms with E-state index in [4.69, 9.17) is 34.3 Å². The summed E-state index contributed by atoms with van der Waals surface area (Å²) in [6, 6.07) is 8.67. The third-order valence-electron chi connectivity index (χ3n) is 2.51. The van der Waals surface area contributed by atoms with Crippen molar-refractivity contribution in [3.8, 4) is 5.92 Å². The minimum atomic E-state index is -0.792. The molecule has 0 heterocycles. The van der Waals surface area contributed by atoms with Gasteiger partial charge in [0, 0.05) is 22.3 Å². The second-order valence-electron chi connectivity index (χ2n) is 3.75. The van der Waals surface area contributed by atoms with Crippen molar-refractivity contribution in [3.05, 3.63) is 82.2 Å². The fourth-order valence-electron chi connectivity index (χ4n) is 1.63. The molecular weight excluding hydrogens is 486 g/mol. The van der Waals surface area contributed by atoms with Crippen molar-refractivity contribution in [2.75, 3.05) is 0 Å². The fourth-order valence-corrected chi connectivity index (χ4v) is 1.63. The van der Waals surface area contributed by atoms with E-state index in [1.165, 1.54) is 6.92 Å². The Bertz CT molecular complexity index is 633. The Morgan fingerprint density at radius 2 is 1.10 bits per heavy atom. The van der Waals surface area contributed by atoms with Crippen molar-refractivity contribution in [3.63, 3.8) is 0 Å². The summed E-state index contributed by atoms with van der Waals surface area (Å²) in [6.45, 7) is 30.0. The van der Waals surface area contributed by atoms with Gasteiger partial charge >= 0.3 is 84.6 Å². The third kappa shape index (κ3) is 27.8. The van der Waals surface area contributed by atoms with E-state index >= 15 is 0 Å². The SMILES string of the molecule is [C-]#CC(C)C(C(C)=O)C(=O)c1ccccc1.[C-]#[O+].[C-]#[O+].[C-]#[O+].[C-]#[O+].[C-]#[O+].[C-]#[O+].[Co+3].[Co]. The average molecular weight is 499 g/mol. The Hall–Kier alpha value is -2.43. The van der Waals surface area contributed by atoms with Crippen molar-refractivity contribution < 1.29 is 71.1 Å². The molecule has 0 aromatic heterocycles. The van der Waals surface area contributed by atoms with E-state index < -0.39 is 11.8 Å². The van der Waals surface area contributed by atoms with Crippen LogP contribution in [0.2, 0.25) is 0 Å². The summed E-state index contributed by atoms with van der Waals surface area (Å²) in [5.74, 6) is 0.475. The third-order valence-corrected chi connectivity index (χ3v) is 2.51. The summed E-state index contributed by atoms with van der Waals surface area (Å²) in [6.07, 6.45) is 7.03. The maximum atomic E-state index is 12.0. The second kappa shape index (κ2) is 50.4. The Morgan fingerprint density at radius 1 is 0.800 bits per heavy atom. The van der Waals surface area contributed by atoms with E-state index in [1.807, 2.05) is 6.07 Å². The Labute approximate surface area is 196 Å². The normalized spacial score (nSPS) is 7.63. The molecule has 30 heavy (non-hydrogen) atoms. The number of rotatable bonds is 4. The molecule has 1 aromatic rings. The minimum Gasteiger partial charge on any atom is 0 e. The molecule has 0 spiro atoms. The Balaban J connectivity index is -0.0000000498. The van der Waals surface area contributed by atoms with Crippen molar-refractivity contribution in [2.45, 2.75) is 13.8 Å². The predicted molar refractivity (Wildman–Crippen MR) is 84.8 cm³/mol. The number of hydrogen-bond acceptors (Lipinski definition) is 2. The zero-order valence-electron chi connectivity index (χ0n) is 15.5. The molecule has 2 atom stereocenters. The minimum absolute atomic E-state index is 0. The molecule has 0 saturated carbocycles. The zero-order chi connectivity index (χ0) is 24.1. The summed E-state index contributed by atoms with van der Waals surface area (Å²) in [5.41, 5.74) is 0.504. The van der Waals surface area contributed by atoms with Gasteiger partial charge in [0.1, 0.15) is 5.78 Å². The molecule has 1 aromatic carbocycles. The van der Waals surface area contributed by atoms with E-state index in [1.54, 1.807) is 31.2 Å². The maximum absolute atomic E-state index is 12.0. The van der Waals surface area contributed by atoms with Crippen LogP contribution in [0.25, 0.3) is 0 Å². The van der Waals surface area contributed by atoms with Crippen LogP contribution in [0.3, 0.4) is 0 Å². The van der Waals surface area contributed by atoms with Crippen LogP contribution in [0, 0.1) is 64.1 Å². The molecule has 1 rings (SSSR count). The van der Waals surface area contributed by atoms with Gasteiger partial charge in [0.2, 0.25) is 0 Å². The first-order valence-corrected chi connectivity index (χ1v) is 6.32. The number of hydrogen-bond donors (Lipinski definition) is 0. The molecular formula is C20H13Co2O8+2. The molecule has 0 N–H and O–H groups in total. The van der Waals surface area contributed by atoms with Gasteiger partial charge in [-0.15, -0.1) is 0 Å². The predicted octanol–water partition coefficient (Wildman–Crippen LogP) is 2.07. The van der Waals surface area contributed by atoms with Crippen LogP contribution in [0.15, 0.2) is 30.3 Å². The summed E-state index contributed by atoms with van der Waals surface area (Å²) in [7, 11) is 0. The molecule has 0 amide bonds. The average Bonchev–Trinajstić information content (AvgIpc) is 2.82. The quantitative estimate of drug-likeness (QED) is 0.205. The van der Waals surface area contributed by atoms with Gasteiger partial charge in [-0.3, -0.25) is 9.59 Å². The summed E-state index contributed by atoms with van der Waals surface area (Å²) < 4.78 is 45.0. The first-order chi connectivity index (χ1) is 13.6. The number of carbonyl (C=O) groups excluding carboxylic acids is 2. The van der Waals surface area contributed by atoms with Crippen LogP contribution >= 0.6 is 0 Å². The second-order valence-corrected chi connectivity index (χ2v) is 3.75. The standard InChI is InChI=1S/C14H13O2.6CO.2Co/c1-4-10(2)13(11(3)15)14(16)12-8-6-5-7-9-12;6*1-2;;/h5-10,13H,2-3H3;;;;;;;;/q-1;;;;;;;;+3. The number of carbonyl (C=O) groups is 2. The van der Waals surface area contributed by atoms with Crippen molar-refractivity contribution >= 4 is 11.6 Å². The van der Waals surface area contributed by atoms with Crippen LogP contribution in [0.1, 0.15) is 24.2 Å². The molecule has 2 unspecified atom stereocenters. The van der Waals surface area contributed by atoms with E-state index in [-0.39, 0.29) is 45.1 Å². The van der Waals surface area contributed by atoms with E-state index in [2.05, 4.69) is 45.8 Å². The molecule has 0 aliphatic rings. The van der Waals surface area contributed by atoms with Crippen molar-refractivity contribution in [2.24, 2.45) is 11.8 Å². The summed E-state index contributed by atoms with van der Waals surface area (Å²) in [5, 5.41) is 0. The molecule has 10 heteroatoms. The Morgan fingerprint density at radius 3 is 1.33 bits per heavy atom. The largest absolute Gasteiger partial charge is 3.00 e. The maximum Gasteiger partial charge on any atom is 3.00 e. The van der Waals surface area contributed by atoms with Gasteiger partial charge in [-0.1, -0.05) is 37.3 Å². The van der Waals surface area contributed by atoms with E-state index in [0.29, 0.717) is 5.56 Å². The van der Waals surface area contributed by atoms with Gasteiger partial charge in [0.05, 0.1) is 5.92 Å². The van der Waals surface area contributed by atoms with Crippen LogP contribution in [-0.2, 0) is 66.3 Å². The molecule has 1 radical (unpaired) electrons. The van der Waals surface area contributed by atoms with Gasteiger partial charge in [-0.2, -0.15) is 0 Å². The molecule has 8 nitrogen and oxygen atoms in total. The zero-order valence-corrected chi connectivity index (χ0v) is 17.6. The topological polar surface area (TPSA) is 154 Å². The van der Waals surface area contributed by atoms with E-state index in [9.17, 15) is 9.59 Å². The van der Waals surface area contributed by atoms with Crippen LogP contribution < -0.4 is 0 Å². The monoisotopic (exact) mass is 499 g/mol. The molecule has 0 aliphatic heterocycles. The van der Waals surface area contributed by atoms with Gasteiger partial charge in [0.25, 0.3) is 0 Å². The van der Waals surface area contributed by atoms with Crippen molar-refractivity contribution in [1.82, 2.24) is 0 Å². The van der Waals surface area contributed by atoms with Crippen LogP contribution in [0.4, 0.5) is 0 Å². The number of benzene rings is 1. The number of ketones is 2. The van der Waals surface area contributed by atoms with Crippen LogP contribution in [0.5, 0.6) is 0 Å². The molecule has 0 saturated heterocycles. The van der Waals surface area contributed by atoms with Crippen LogP contribution in [-0.4, -0.2) is 11.6 Å². The molecule has 157 valence electrons.